The zero-order valence-electron chi connectivity index (χ0n) is 15.8. The van der Waals surface area contributed by atoms with E-state index in [0.717, 1.165) is 0 Å². The molecular formula is Li7O16P5. The summed E-state index contributed by atoms with van der Waals surface area (Å²) >= 11 is 0. The third-order valence-corrected chi connectivity index (χ3v) is 7.20. The van der Waals surface area contributed by atoms with Gasteiger partial charge < -0.3 is 43.4 Å². The van der Waals surface area contributed by atoms with E-state index in [1.807, 2.05) is 0 Å². The van der Waals surface area contributed by atoms with Gasteiger partial charge in [-0.15, -0.1) is 0 Å². The van der Waals surface area contributed by atoms with Crippen LogP contribution in [-0.4, -0.2) is 0 Å². The number of rotatable bonds is 8. The van der Waals surface area contributed by atoms with E-state index in [-0.39, 0.29) is 132 Å². The summed E-state index contributed by atoms with van der Waals surface area (Å²) in [4.78, 5) is 71.5. The molecule has 0 heterocycles. The summed E-state index contributed by atoms with van der Waals surface area (Å²) in [6.45, 7) is 0. The van der Waals surface area contributed by atoms with Crippen LogP contribution in [0.2, 0.25) is 0 Å². The Labute approximate surface area is 242 Å². The fourth-order valence-corrected chi connectivity index (χ4v) is 5.62. The molecule has 28 heteroatoms. The molecule has 0 aliphatic carbocycles. The first-order valence-corrected chi connectivity index (χ1v) is 11.0. The smallest absolute Gasteiger partial charge is 0.790 e. The predicted molar refractivity (Wildman–Crippen MR) is 42.4 cm³/mol. The van der Waals surface area contributed by atoms with E-state index in [0.29, 0.717) is 0 Å². The first kappa shape index (κ1) is 54.0. The second-order valence-corrected chi connectivity index (χ2v) is 9.65. The molecule has 0 saturated carbocycles. The van der Waals surface area contributed by atoms with Crippen molar-refractivity contribution in [2.75, 3.05) is 0 Å². The molecule has 2 atom stereocenters. The molecule has 0 N–H and O–H groups in total. The Morgan fingerprint density at radius 3 is 0.643 bits per heavy atom. The van der Waals surface area contributed by atoms with E-state index in [2.05, 4.69) is 17.2 Å². The summed E-state index contributed by atoms with van der Waals surface area (Å²) < 4.78 is 62.6. The van der Waals surface area contributed by atoms with Crippen LogP contribution in [0.1, 0.15) is 0 Å². The van der Waals surface area contributed by atoms with E-state index < -0.39 is 39.1 Å². The molecule has 0 rings (SSSR count). The Hall–Kier alpha value is 4.89. The maximum Gasteiger partial charge on any atom is 1.00 e. The van der Waals surface area contributed by atoms with Crippen molar-refractivity contribution in [3.8, 4) is 0 Å². The Morgan fingerprint density at radius 2 is 0.500 bits per heavy atom. The van der Waals surface area contributed by atoms with Gasteiger partial charge in [0.05, 0.1) is 15.6 Å². The van der Waals surface area contributed by atoms with Crippen molar-refractivity contribution in [1.82, 2.24) is 0 Å². The van der Waals surface area contributed by atoms with Crippen molar-refractivity contribution in [3.05, 3.63) is 0 Å². The van der Waals surface area contributed by atoms with Gasteiger partial charge in [0.15, 0.2) is 0 Å². The minimum atomic E-state index is -6.56. The Kier molecular flexibility index (Phi) is 38.8. The van der Waals surface area contributed by atoms with Crippen LogP contribution in [0.5, 0.6) is 0 Å². The molecule has 0 radical (unpaired) electrons. The van der Waals surface area contributed by atoms with Crippen molar-refractivity contribution in [2.24, 2.45) is 0 Å². The van der Waals surface area contributed by atoms with Crippen molar-refractivity contribution in [3.63, 3.8) is 0 Å². The van der Waals surface area contributed by atoms with Gasteiger partial charge in [0, 0.05) is 0 Å². The minimum Gasteiger partial charge on any atom is -0.790 e. The molecular weight excluding hydrogens is 459 g/mol. The van der Waals surface area contributed by atoms with Crippen molar-refractivity contribution < 1.29 is 206 Å². The summed E-state index contributed by atoms with van der Waals surface area (Å²) in [5, 5.41) is 0. The zero-order valence-corrected chi connectivity index (χ0v) is 20.2. The van der Waals surface area contributed by atoms with Crippen LogP contribution >= 0.6 is 39.1 Å². The fourth-order valence-electron chi connectivity index (χ4n) is 0.535. The molecule has 0 aliphatic rings. The predicted octanol–water partition coefficient (Wildman–Crippen LogP) is -25.9. The largest absolute Gasteiger partial charge is 1.00 e. The SMILES string of the molecule is O=P([O-])([O-])OP(=O)([O-])OP(=O)([O-])OP(=O)([O-])OP(=O)([O-])[O-].[Li+].[Li+].[Li+].[Li+].[Li+].[Li+].[Li+]. The molecule has 0 aliphatic heterocycles. The van der Waals surface area contributed by atoms with Gasteiger partial charge in [-0.25, -0.2) is 8.62 Å². The van der Waals surface area contributed by atoms with Gasteiger partial charge in [-0.1, -0.05) is 0 Å². The Balaban J connectivity index is -0.0000000952. The molecule has 0 bridgehead atoms. The molecule has 0 amide bonds. The molecule has 28 heavy (non-hydrogen) atoms. The summed E-state index contributed by atoms with van der Waals surface area (Å²) in [5.41, 5.74) is 0. The average Bonchev–Trinajstić information content (AvgIpc) is 1.83. The first-order chi connectivity index (χ1) is 8.83. The zero-order chi connectivity index (χ0) is 17.3. The van der Waals surface area contributed by atoms with Crippen molar-refractivity contribution in [2.45, 2.75) is 0 Å². The third kappa shape index (κ3) is 33.1. The molecule has 0 spiro atoms. The van der Waals surface area contributed by atoms with Gasteiger partial charge in [-0.2, -0.15) is 0 Å². The van der Waals surface area contributed by atoms with Gasteiger partial charge in [0.25, 0.3) is 23.5 Å². The van der Waals surface area contributed by atoms with Gasteiger partial charge >= 0.3 is 132 Å². The number of phosphoric acid groups is 5. The van der Waals surface area contributed by atoms with E-state index in [9.17, 15) is 57.1 Å². The molecule has 2 unspecified atom stereocenters. The number of hydrogen-bond acceptors (Lipinski definition) is 16. The third-order valence-electron chi connectivity index (χ3n) is 0.800. The number of hydrogen-bond donors (Lipinski definition) is 0. The maximum absolute atomic E-state index is 10.7. The van der Waals surface area contributed by atoms with Crippen LogP contribution < -0.4 is 166 Å². The monoisotopic (exact) mass is 460 g/mol. The van der Waals surface area contributed by atoms with E-state index in [1.165, 1.54) is 0 Å². The van der Waals surface area contributed by atoms with Gasteiger partial charge in [0.1, 0.15) is 0 Å². The molecule has 0 aromatic heterocycles. The molecule has 0 fully saturated rings. The summed E-state index contributed by atoms with van der Waals surface area (Å²) in [5.74, 6) is 0. The topological polar surface area (TPSA) is 284 Å². The normalized spacial score (nSPS) is 16.5. The van der Waals surface area contributed by atoms with Crippen molar-refractivity contribution >= 4 is 39.1 Å². The standard InChI is InChI=1S/7Li.H7O16P5/c;;;;;;;1-17(2,3)13-19(7,8)15-21(11,12)16-20(9,10)14-18(4,5)6/h;;;;;;;(H,7,8)(H,9,10)(H,11,12)(H2,1,2,3)(H2,4,5,6)/q7*+1;/p-7. The quantitative estimate of drug-likeness (QED) is 0.240. The molecule has 0 aromatic rings. The fraction of sp³-hybridized carbons (Fsp3) is 0. The van der Waals surface area contributed by atoms with Gasteiger partial charge in [-0.3, -0.25) is 22.3 Å². The van der Waals surface area contributed by atoms with Crippen LogP contribution in [0.25, 0.3) is 0 Å². The molecule has 16 nitrogen and oxygen atoms in total. The van der Waals surface area contributed by atoms with E-state index in [4.69, 9.17) is 0 Å². The van der Waals surface area contributed by atoms with Crippen molar-refractivity contribution in [1.29, 1.82) is 0 Å². The second kappa shape index (κ2) is 20.1. The van der Waals surface area contributed by atoms with Crippen LogP contribution in [0.3, 0.4) is 0 Å². The van der Waals surface area contributed by atoms with Gasteiger partial charge in [0.2, 0.25) is 0 Å². The Bertz CT molecular complexity index is 569. The maximum atomic E-state index is 10.7. The average molecular weight is 459 g/mol. The Morgan fingerprint density at radius 1 is 0.357 bits per heavy atom. The van der Waals surface area contributed by atoms with Gasteiger partial charge in [-0.05, 0) is 0 Å². The summed E-state index contributed by atoms with van der Waals surface area (Å²) in [7, 11) is -32.1. The van der Waals surface area contributed by atoms with Crippen LogP contribution in [0.15, 0.2) is 0 Å². The van der Waals surface area contributed by atoms with Crippen LogP contribution in [0.4, 0.5) is 0 Å². The van der Waals surface area contributed by atoms with E-state index >= 15 is 0 Å². The van der Waals surface area contributed by atoms with Crippen LogP contribution in [-0.2, 0) is 40.1 Å². The summed E-state index contributed by atoms with van der Waals surface area (Å²) in [6.07, 6.45) is 0. The minimum absolute atomic E-state index is 0. The first-order valence-electron chi connectivity index (χ1n) is 3.65. The molecule has 128 valence electrons. The summed E-state index contributed by atoms with van der Waals surface area (Å²) in [6, 6.07) is 0. The molecule has 0 aromatic carbocycles. The second-order valence-electron chi connectivity index (χ2n) is 2.56. The van der Waals surface area contributed by atoms with Crippen LogP contribution in [0, 0.1) is 0 Å². The van der Waals surface area contributed by atoms with E-state index in [1.54, 1.807) is 0 Å². The molecule has 0 saturated heterocycles.